The van der Waals surface area contributed by atoms with Gasteiger partial charge in [0.15, 0.2) is 8.32 Å². The molecule has 6 nitrogen and oxygen atoms in total. The third-order valence-electron chi connectivity index (χ3n) is 6.70. The summed E-state index contributed by atoms with van der Waals surface area (Å²) in [6.07, 6.45) is 1.34. The van der Waals surface area contributed by atoms with E-state index in [1.165, 1.54) is 0 Å². The summed E-state index contributed by atoms with van der Waals surface area (Å²) in [4.78, 5) is 28.5. The maximum Gasteiger partial charge on any atom is 0.356 e. The molecule has 1 amide bonds. The zero-order valence-electron chi connectivity index (χ0n) is 19.4. The van der Waals surface area contributed by atoms with Crippen LogP contribution in [0.2, 0.25) is 18.1 Å². The first-order valence-electron chi connectivity index (χ1n) is 10.8. The van der Waals surface area contributed by atoms with E-state index in [0.29, 0.717) is 25.6 Å². The number of thioether (sulfide) groups is 1. The van der Waals surface area contributed by atoms with Crippen LogP contribution in [-0.2, 0) is 23.5 Å². The fraction of sp³-hybridized carbons (Fsp3) is 0.810. The Morgan fingerprint density at radius 3 is 2.50 bits per heavy atom. The van der Waals surface area contributed by atoms with E-state index in [9.17, 15) is 9.59 Å². The average Bonchev–Trinajstić information content (AvgIpc) is 3.24. The number of carbonyl (C=O) groups excluding carboxylic acids is 2. The van der Waals surface area contributed by atoms with Gasteiger partial charge in [0.25, 0.3) is 0 Å². The van der Waals surface area contributed by atoms with Crippen molar-refractivity contribution in [2.24, 2.45) is 11.8 Å². The number of amides is 1. The highest BCUT2D eigenvalue weighted by Gasteiger charge is 2.59. The van der Waals surface area contributed by atoms with Crippen molar-refractivity contribution in [3.05, 3.63) is 10.6 Å². The number of β-lactam (4-membered cyclic amide) rings is 1. The maximum atomic E-state index is 13.2. The number of rotatable bonds is 7. The first kappa shape index (κ1) is 26.6. The SMILES string of the molecule is C[C@@H](O[Si](C)(C)C(C)(C)C)[C@H]1C(=O)N2C(C(=O)OCC(Cl)(Cl)Cl)=C(CC3CCOC3)S[C@H]12. The van der Waals surface area contributed by atoms with E-state index in [-0.39, 0.29) is 40.6 Å². The molecule has 0 bridgehead atoms. The molecule has 11 heteroatoms. The molecule has 0 saturated carbocycles. The molecule has 3 heterocycles. The van der Waals surface area contributed by atoms with Crippen molar-refractivity contribution in [2.75, 3.05) is 19.8 Å². The van der Waals surface area contributed by atoms with Crippen LogP contribution in [0.15, 0.2) is 10.6 Å². The molecule has 3 aliphatic rings. The molecule has 0 N–H and O–H groups in total. The number of ether oxygens (including phenoxy) is 2. The smallest absolute Gasteiger partial charge is 0.356 e. The lowest BCUT2D eigenvalue weighted by Gasteiger charge is -2.48. The summed E-state index contributed by atoms with van der Waals surface area (Å²) in [5.41, 5.74) is 0.280. The average molecular weight is 545 g/mol. The number of nitrogens with zero attached hydrogens (tertiary/aromatic N) is 1. The number of allylic oxidation sites excluding steroid dienone is 1. The van der Waals surface area contributed by atoms with E-state index in [1.54, 1.807) is 16.7 Å². The lowest BCUT2D eigenvalue weighted by atomic mass is 9.92. The van der Waals surface area contributed by atoms with E-state index >= 15 is 0 Å². The highest BCUT2D eigenvalue weighted by molar-refractivity contribution is 8.04. The molecule has 0 aromatic heterocycles. The largest absolute Gasteiger partial charge is 0.456 e. The number of hydrogen-bond acceptors (Lipinski definition) is 6. The standard InChI is InChI=1S/C21H32Cl3NO5SSi/c1-12(30-32(5,6)20(2,3)4)15-17(26)25-16(19(27)29-11-21(22,23)24)14(31-18(15)25)9-13-7-8-28-10-13/h12-13,15,18H,7-11H2,1-6H3/t12-,13?,15+,18-/m1/s1. The second-order valence-corrected chi connectivity index (χ2v) is 18.7. The summed E-state index contributed by atoms with van der Waals surface area (Å²) >= 11 is 18.8. The van der Waals surface area contributed by atoms with E-state index in [1.807, 2.05) is 6.92 Å². The second kappa shape index (κ2) is 9.59. The monoisotopic (exact) mass is 543 g/mol. The molecule has 32 heavy (non-hydrogen) atoms. The van der Waals surface area contributed by atoms with Gasteiger partial charge in [-0.1, -0.05) is 55.6 Å². The van der Waals surface area contributed by atoms with Gasteiger partial charge >= 0.3 is 5.97 Å². The molecule has 0 aromatic rings. The number of fused-ring (bicyclic) bond motifs is 1. The van der Waals surface area contributed by atoms with E-state index in [0.717, 1.165) is 11.3 Å². The molecule has 0 aromatic carbocycles. The molecule has 1 unspecified atom stereocenters. The van der Waals surface area contributed by atoms with Crippen LogP contribution in [-0.4, -0.2) is 60.2 Å². The number of carbonyl (C=O) groups is 2. The van der Waals surface area contributed by atoms with Crippen LogP contribution in [0.4, 0.5) is 0 Å². The molecule has 182 valence electrons. The fourth-order valence-electron chi connectivity index (χ4n) is 3.91. The number of halogens is 3. The summed E-state index contributed by atoms with van der Waals surface area (Å²) in [5, 5.41) is -0.149. The third kappa shape index (κ3) is 5.64. The first-order valence-corrected chi connectivity index (χ1v) is 15.8. The van der Waals surface area contributed by atoms with Crippen LogP contribution in [0.25, 0.3) is 0 Å². The van der Waals surface area contributed by atoms with Crippen LogP contribution in [0, 0.1) is 11.8 Å². The number of esters is 1. The number of alkyl halides is 3. The molecule has 4 atom stereocenters. The Kier molecular flexibility index (Phi) is 7.98. The summed E-state index contributed by atoms with van der Waals surface area (Å²) in [5.74, 6) is -0.763. The van der Waals surface area contributed by atoms with Gasteiger partial charge < -0.3 is 13.9 Å². The van der Waals surface area contributed by atoms with Gasteiger partial charge in [-0.2, -0.15) is 0 Å². The zero-order valence-corrected chi connectivity index (χ0v) is 23.5. The molecular weight excluding hydrogens is 513 g/mol. The Balaban J connectivity index is 1.78. The zero-order chi connectivity index (χ0) is 24.1. The fourth-order valence-corrected chi connectivity index (χ4v) is 7.22. The summed E-state index contributed by atoms with van der Waals surface area (Å²) in [6, 6.07) is 0. The van der Waals surface area contributed by atoms with Gasteiger partial charge in [-0.3, -0.25) is 9.69 Å². The van der Waals surface area contributed by atoms with Crippen molar-refractivity contribution < 1.29 is 23.5 Å². The molecular formula is C21H32Cl3NO5SSi. The van der Waals surface area contributed by atoms with Crippen molar-refractivity contribution in [2.45, 2.75) is 73.9 Å². The van der Waals surface area contributed by atoms with E-state index < -0.39 is 18.1 Å². The quantitative estimate of drug-likeness (QED) is 0.183. The van der Waals surface area contributed by atoms with Crippen LogP contribution >= 0.6 is 46.6 Å². The molecule has 2 saturated heterocycles. The minimum absolute atomic E-state index is 0.0363. The molecule has 2 fully saturated rings. The maximum absolute atomic E-state index is 13.2. The van der Waals surface area contributed by atoms with Crippen molar-refractivity contribution in [3.63, 3.8) is 0 Å². The summed E-state index contributed by atoms with van der Waals surface area (Å²) < 4.78 is 15.5. The van der Waals surface area contributed by atoms with E-state index in [2.05, 4.69) is 33.9 Å². The van der Waals surface area contributed by atoms with Crippen molar-refractivity contribution >= 4 is 66.8 Å². The molecule has 3 aliphatic heterocycles. The minimum Gasteiger partial charge on any atom is -0.456 e. The van der Waals surface area contributed by atoms with Gasteiger partial charge in [-0.25, -0.2) is 4.79 Å². The lowest BCUT2D eigenvalue weighted by molar-refractivity contribution is -0.157. The molecule has 3 rings (SSSR count). The highest BCUT2D eigenvalue weighted by Crippen LogP contribution is 2.53. The highest BCUT2D eigenvalue weighted by atomic mass is 35.6. The van der Waals surface area contributed by atoms with Gasteiger partial charge in [-0.15, -0.1) is 11.8 Å². The van der Waals surface area contributed by atoms with Crippen molar-refractivity contribution in [1.82, 2.24) is 4.90 Å². The normalized spacial score (nSPS) is 27.5. The Bertz CT molecular complexity index is 789. The summed E-state index contributed by atoms with van der Waals surface area (Å²) in [6.45, 7) is 13.8. The summed E-state index contributed by atoms with van der Waals surface area (Å²) in [7, 11) is -2.05. The molecule has 0 aliphatic carbocycles. The topological polar surface area (TPSA) is 65.1 Å². The number of hydrogen-bond donors (Lipinski definition) is 0. The lowest BCUT2D eigenvalue weighted by Crippen LogP contribution is -2.62. The Morgan fingerprint density at radius 2 is 1.97 bits per heavy atom. The minimum atomic E-state index is -2.05. The Labute approximate surface area is 210 Å². The van der Waals surface area contributed by atoms with Crippen LogP contribution in [0.3, 0.4) is 0 Å². The van der Waals surface area contributed by atoms with Gasteiger partial charge in [0.05, 0.1) is 12.0 Å². The Morgan fingerprint density at radius 1 is 1.31 bits per heavy atom. The second-order valence-electron chi connectivity index (χ2n) is 10.2. The van der Waals surface area contributed by atoms with Gasteiger partial charge in [0.2, 0.25) is 9.70 Å². The van der Waals surface area contributed by atoms with Gasteiger partial charge in [0, 0.05) is 18.1 Å². The molecule has 0 radical (unpaired) electrons. The van der Waals surface area contributed by atoms with Crippen LogP contribution < -0.4 is 0 Å². The predicted molar refractivity (Wildman–Crippen MR) is 131 cm³/mol. The van der Waals surface area contributed by atoms with Gasteiger partial charge in [0.1, 0.15) is 17.7 Å². The van der Waals surface area contributed by atoms with Crippen LogP contribution in [0.5, 0.6) is 0 Å². The van der Waals surface area contributed by atoms with E-state index in [4.69, 9.17) is 48.7 Å². The first-order chi connectivity index (χ1) is 14.6. The molecule has 0 spiro atoms. The Hall–Kier alpha value is 0.0369. The van der Waals surface area contributed by atoms with Gasteiger partial charge in [-0.05, 0) is 43.8 Å². The third-order valence-corrected chi connectivity index (χ3v) is 13.0. The predicted octanol–water partition coefficient (Wildman–Crippen LogP) is 5.48. The van der Waals surface area contributed by atoms with Crippen molar-refractivity contribution in [3.8, 4) is 0 Å². The van der Waals surface area contributed by atoms with Crippen LogP contribution in [0.1, 0.15) is 40.5 Å². The van der Waals surface area contributed by atoms with Crippen molar-refractivity contribution in [1.29, 1.82) is 0 Å².